The Balaban J connectivity index is 2.28. The molecule has 3 aromatic rings. The first-order valence-electron chi connectivity index (χ1n) is 5.66. The van der Waals surface area contributed by atoms with Crippen LogP contribution in [0.2, 0.25) is 5.02 Å². The maximum atomic E-state index is 6.18. The van der Waals surface area contributed by atoms with Crippen LogP contribution in [0, 0.1) is 0 Å². The van der Waals surface area contributed by atoms with Crippen LogP contribution in [0.25, 0.3) is 22.0 Å². The highest BCUT2D eigenvalue weighted by Crippen LogP contribution is 2.30. The summed E-state index contributed by atoms with van der Waals surface area (Å²) in [6, 6.07) is 17.6. The van der Waals surface area contributed by atoms with Crippen molar-refractivity contribution in [2.24, 2.45) is 0 Å². The van der Waals surface area contributed by atoms with Crippen LogP contribution in [0.4, 0.5) is 5.82 Å². The van der Waals surface area contributed by atoms with Gasteiger partial charge in [-0.25, -0.2) is 4.98 Å². The molecule has 0 aliphatic heterocycles. The first-order valence-corrected chi connectivity index (χ1v) is 6.03. The molecule has 0 spiro atoms. The fraction of sp³-hybridized carbons (Fsp3) is 0. The van der Waals surface area contributed by atoms with E-state index in [1.165, 1.54) is 0 Å². The Labute approximate surface area is 110 Å². The Morgan fingerprint density at radius 1 is 0.944 bits per heavy atom. The van der Waals surface area contributed by atoms with Gasteiger partial charge >= 0.3 is 0 Å². The van der Waals surface area contributed by atoms with Crippen molar-refractivity contribution >= 4 is 28.2 Å². The van der Waals surface area contributed by atoms with Gasteiger partial charge in [0.05, 0.1) is 5.69 Å². The molecule has 0 unspecified atom stereocenters. The van der Waals surface area contributed by atoms with Crippen molar-refractivity contribution in [2.75, 3.05) is 5.73 Å². The molecule has 2 aromatic carbocycles. The highest BCUT2D eigenvalue weighted by Gasteiger charge is 2.07. The zero-order chi connectivity index (χ0) is 12.5. The number of hydrogen-bond acceptors (Lipinski definition) is 2. The molecule has 18 heavy (non-hydrogen) atoms. The molecule has 0 amide bonds. The summed E-state index contributed by atoms with van der Waals surface area (Å²) in [6.45, 7) is 0. The van der Waals surface area contributed by atoms with Crippen molar-refractivity contribution in [3.05, 3.63) is 59.6 Å². The Morgan fingerprint density at radius 2 is 1.67 bits per heavy atom. The molecule has 0 radical (unpaired) electrons. The van der Waals surface area contributed by atoms with E-state index in [1.807, 2.05) is 54.6 Å². The van der Waals surface area contributed by atoms with E-state index in [1.54, 1.807) is 0 Å². The third kappa shape index (κ3) is 1.81. The predicted octanol–water partition coefficient (Wildman–Crippen LogP) is 4.14. The van der Waals surface area contributed by atoms with E-state index in [9.17, 15) is 0 Å². The van der Waals surface area contributed by atoms with Gasteiger partial charge in [-0.15, -0.1) is 0 Å². The van der Waals surface area contributed by atoms with Crippen LogP contribution in [-0.4, -0.2) is 4.98 Å². The standard InChI is InChI=1S/C15H11ClN2/c16-13-8-4-3-7-12(13)14-9-10-5-1-2-6-11(10)15(17)18-14/h1-9H,(H2,17,18). The number of nitrogens with two attached hydrogens (primary N) is 1. The first kappa shape index (κ1) is 11.1. The molecule has 0 saturated heterocycles. The zero-order valence-electron chi connectivity index (χ0n) is 9.60. The molecule has 3 heteroatoms. The van der Waals surface area contributed by atoms with Gasteiger partial charge in [-0.2, -0.15) is 0 Å². The van der Waals surface area contributed by atoms with Crippen LogP contribution in [0.3, 0.4) is 0 Å². The lowest BCUT2D eigenvalue weighted by Gasteiger charge is -2.07. The maximum absolute atomic E-state index is 6.18. The molecule has 3 rings (SSSR count). The van der Waals surface area contributed by atoms with E-state index in [0.29, 0.717) is 10.8 Å². The fourth-order valence-corrected chi connectivity index (χ4v) is 2.27. The molecule has 2 N–H and O–H groups in total. The van der Waals surface area contributed by atoms with Gasteiger partial charge < -0.3 is 5.73 Å². The van der Waals surface area contributed by atoms with Crippen LogP contribution in [0.15, 0.2) is 54.6 Å². The smallest absolute Gasteiger partial charge is 0.131 e. The monoisotopic (exact) mass is 254 g/mol. The average molecular weight is 255 g/mol. The molecule has 0 saturated carbocycles. The number of hydrogen-bond donors (Lipinski definition) is 1. The SMILES string of the molecule is Nc1nc(-c2ccccc2Cl)cc2ccccc12. The van der Waals surface area contributed by atoms with Crippen molar-refractivity contribution in [1.29, 1.82) is 0 Å². The quantitative estimate of drug-likeness (QED) is 0.709. The lowest BCUT2D eigenvalue weighted by atomic mass is 10.1. The number of rotatable bonds is 1. The molecule has 0 atom stereocenters. The van der Waals surface area contributed by atoms with E-state index in [-0.39, 0.29) is 0 Å². The van der Waals surface area contributed by atoms with Crippen LogP contribution in [0.5, 0.6) is 0 Å². The van der Waals surface area contributed by atoms with Crippen LogP contribution >= 0.6 is 11.6 Å². The molecule has 88 valence electrons. The van der Waals surface area contributed by atoms with Gasteiger partial charge in [0.1, 0.15) is 5.82 Å². The van der Waals surface area contributed by atoms with E-state index >= 15 is 0 Å². The van der Waals surface area contributed by atoms with E-state index in [2.05, 4.69) is 4.98 Å². The van der Waals surface area contributed by atoms with Crippen LogP contribution < -0.4 is 5.73 Å². The van der Waals surface area contributed by atoms with Crippen molar-refractivity contribution < 1.29 is 0 Å². The van der Waals surface area contributed by atoms with Crippen molar-refractivity contribution in [1.82, 2.24) is 4.98 Å². The summed E-state index contributed by atoms with van der Waals surface area (Å²) in [6.07, 6.45) is 0. The summed E-state index contributed by atoms with van der Waals surface area (Å²) in [5, 5.41) is 2.72. The van der Waals surface area contributed by atoms with Gasteiger partial charge in [0, 0.05) is 16.0 Å². The number of pyridine rings is 1. The van der Waals surface area contributed by atoms with Crippen molar-refractivity contribution in [3.63, 3.8) is 0 Å². The second-order valence-corrected chi connectivity index (χ2v) is 4.50. The number of nitrogen functional groups attached to an aromatic ring is 1. The third-order valence-electron chi connectivity index (χ3n) is 2.92. The minimum absolute atomic E-state index is 0.531. The highest BCUT2D eigenvalue weighted by atomic mass is 35.5. The normalized spacial score (nSPS) is 10.7. The predicted molar refractivity (Wildman–Crippen MR) is 76.6 cm³/mol. The summed E-state index contributed by atoms with van der Waals surface area (Å²) in [7, 11) is 0. The van der Waals surface area contributed by atoms with Crippen molar-refractivity contribution in [2.45, 2.75) is 0 Å². The molecular formula is C15H11ClN2. The Hall–Kier alpha value is -2.06. The number of benzene rings is 2. The van der Waals surface area contributed by atoms with E-state index < -0.39 is 0 Å². The molecule has 1 heterocycles. The van der Waals surface area contributed by atoms with Gasteiger partial charge in [0.25, 0.3) is 0 Å². The lowest BCUT2D eigenvalue weighted by Crippen LogP contribution is -1.94. The molecule has 0 aliphatic carbocycles. The van der Waals surface area contributed by atoms with Gasteiger partial charge in [-0.1, -0.05) is 54.1 Å². The molecule has 2 nitrogen and oxygen atoms in total. The Bertz CT molecular complexity index is 723. The first-order chi connectivity index (χ1) is 8.75. The average Bonchev–Trinajstić information content (AvgIpc) is 2.39. The second kappa shape index (κ2) is 4.31. The van der Waals surface area contributed by atoms with Crippen LogP contribution in [0.1, 0.15) is 0 Å². The van der Waals surface area contributed by atoms with E-state index in [0.717, 1.165) is 22.0 Å². The van der Waals surface area contributed by atoms with Gasteiger partial charge in [0.2, 0.25) is 0 Å². The molecule has 1 aromatic heterocycles. The van der Waals surface area contributed by atoms with Crippen LogP contribution in [-0.2, 0) is 0 Å². The minimum atomic E-state index is 0.531. The number of fused-ring (bicyclic) bond motifs is 1. The Morgan fingerprint density at radius 3 is 2.50 bits per heavy atom. The maximum Gasteiger partial charge on any atom is 0.131 e. The largest absolute Gasteiger partial charge is 0.383 e. The fourth-order valence-electron chi connectivity index (χ4n) is 2.03. The topological polar surface area (TPSA) is 38.9 Å². The number of halogens is 1. The van der Waals surface area contributed by atoms with E-state index in [4.69, 9.17) is 17.3 Å². The number of nitrogens with zero attached hydrogens (tertiary/aromatic N) is 1. The van der Waals surface area contributed by atoms with Gasteiger partial charge in [-0.3, -0.25) is 0 Å². The van der Waals surface area contributed by atoms with Gasteiger partial charge in [-0.05, 0) is 17.5 Å². The summed E-state index contributed by atoms with van der Waals surface area (Å²) < 4.78 is 0. The molecular weight excluding hydrogens is 244 g/mol. The molecule has 0 aliphatic rings. The zero-order valence-corrected chi connectivity index (χ0v) is 10.4. The molecule has 0 fully saturated rings. The number of anilines is 1. The molecule has 0 bridgehead atoms. The van der Waals surface area contributed by atoms with Crippen molar-refractivity contribution in [3.8, 4) is 11.3 Å². The third-order valence-corrected chi connectivity index (χ3v) is 3.25. The highest BCUT2D eigenvalue weighted by molar-refractivity contribution is 6.33. The summed E-state index contributed by atoms with van der Waals surface area (Å²) in [4.78, 5) is 4.43. The summed E-state index contributed by atoms with van der Waals surface area (Å²) in [5.41, 5.74) is 7.69. The van der Waals surface area contributed by atoms with Gasteiger partial charge in [0.15, 0.2) is 0 Å². The number of aromatic nitrogens is 1. The minimum Gasteiger partial charge on any atom is -0.383 e. The lowest BCUT2D eigenvalue weighted by molar-refractivity contribution is 1.36. The Kier molecular flexibility index (Phi) is 2.65. The summed E-state index contributed by atoms with van der Waals surface area (Å²) in [5.74, 6) is 0.531. The summed E-state index contributed by atoms with van der Waals surface area (Å²) >= 11 is 6.18. The second-order valence-electron chi connectivity index (χ2n) is 4.09.